The van der Waals surface area contributed by atoms with Crippen LogP contribution in [0.5, 0.6) is 5.75 Å². The summed E-state index contributed by atoms with van der Waals surface area (Å²) in [6.45, 7) is 1.45. The molecule has 0 aliphatic carbocycles. The second-order valence-corrected chi connectivity index (χ2v) is 3.63. The first-order chi connectivity index (χ1) is 6.02. The molecule has 4 heteroatoms. The summed E-state index contributed by atoms with van der Waals surface area (Å²) < 4.78 is 0.783. The molecule has 13 heavy (non-hydrogen) atoms. The molecule has 70 valence electrons. The van der Waals surface area contributed by atoms with Crippen LogP contribution in [0.4, 0.5) is 5.69 Å². The maximum atomic E-state index is 11.0. The van der Waals surface area contributed by atoms with Gasteiger partial charge in [0.05, 0.1) is 5.69 Å². The quantitative estimate of drug-likeness (QED) is 0.822. The van der Waals surface area contributed by atoms with Gasteiger partial charge in [0.1, 0.15) is 5.75 Å². The van der Waals surface area contributed by atoms with E-state index in [1.54, 1.807) is 25.2 Å². The Morgan fingerprint density at radius 3 is 2.62 bits per heavy atom. The minimum Gasteiger partial charge on any atom is -0.506 e. The van der Waals surface area contributed by atoms with E-state index in [0.29, 0.717) is 5.69 Å². The second kappa shape index (κ2) is 3.79. The number of hydrogen-bond acceptors (Lipinski definition) is 2. The first-order valence-electron chi connectivity index (χ1n) is 3.75. The second-order valence-electron chi connectivity index (χ2n) is 2.71. The van der Waals surface area contributed by atoms with Crippen molar-refractivity contribution < 1.29 is 9.90 Å². The van der Waals surface area contributed by atoms with Gasteiger partial charge in [-0.1, -0.05) is 15.9 Å². The smallest absolute Gasteiger partial charge is 0.223 e. The molecule has 1 aromatic rings. The molecule has 0 unspecified atom stereocenters. The SMILES string of the molecule is CC(=O)N(C)c1ccc(Br)cc1O. The number of phenolic OH excluding ortho intramolecular Hbond substituents is 1. The average Bonchev–Trinajstić information content (AvgIpc) is 2.03. The van der Waals surface area contributed by atoms with Gasteiger partial charge in [-0.25, -0.2) is 0 Å². The van der Waals surface area contributed by atoms with Crippen molar-refractivity contribution in [3.05, 3.63) is 22.7 Å². The van der Waals surface area contributed by atoms with E-state index in [1.165, 1.54) is 11.8 Å². The van der Waals surface area contributed by atoms with Gasteiger partial charge in [-0.05, 0) is 18.2 Å². The maximum absolute atomic E-state index is 11.0. The molecule has 0 saturated heterocycles. The van der Waals surface area contributed by atoms with Crippen molar-refractivity contribution in [2.24, 2.45) is 0 Å². The van der Waals surface area contributed by atoms with Crippen molar-refractivity contribution >= 4 is 27.5 Å². The fourth-order valence-electron chi connectivity index (χ4n) is 0.950. The number of hydrogen-bond donors (Lipinski definition) is 1. The maximum Gasteiger partial charge on any atom is 0.223 e. The third-order valence-corrected chi connectivity index (χ3v) is 2.26. The number of carbonyl (C=O) groups is 1. The molecule has 0 atom stereocenters. The van der Waals surface area contributed by atoms with E-state index in [0.717, 1.165) is 4.47 Å². The van der Waals surface area contributed by atoms with Gasteiger partial charge in [0.15, 0.2) is 0 Å². The Hall–Kier alpha value is -1.03. The number of amides is 1. The Kier molecular flexibility index (Phi) is 2.93. The van der Waals surface area contributed by atoms with E-state index in [9.17, 15) is 9.90 Å². The van der Waals surface area contributed by atoms with Gasteiger partial charge in [0.2, 0.25) is 5.91 Å². The zero-order valence-electron chi connectivity index (χ0n) is 7.41. The fourth-order valence-corrected chi connectivity index (χ4v) is 1.30. The predicted octanol–water partition coefficient (Wildman–Crippen LogP) is 2.14. The first kappa shape index (κ1) is 10.1. The lowest BCUT2D eigenvalue weighted by Crippen LogP contribution is -2.22. The molecule has 0 heterocycles. The molecule has 3 nitrogen and oxygen atoms in total. The van der Waals surface area contributed by atoms with Crippen LogP contribution in [0.25, 0.3) is 0 Å². The molecule has 0 aromatic heterocycles. The Morgan fingerprint density at radius 1 is 1.54 bits per heavy atom. The fraction of sp³-hybridized carbons (Fsp3) is 0.222. The minimum absolute atomic E-state index is 0.0899. The summed E-state index contributed by atoms with van der Waals surface area (Å²) in [4.78, 5) is 12.4. The highest BCUT2D eigenvalue weighted by Gasteiger charge is 2.09. The van der Waals surface area contributed by atoms with Crippen LogP contribution < -0.4 is 4.90 Å². The third kappa shape index (κ3) is 2.21. The molecule has 0 saturated carbocycles. The van der Waals surface area contributed by atoms with Crippen molar-refractivity contribution in [2.45, 2.75) is 6.92 Å². The summed E-state index contributed by atoms with van der Waals surface area (Å²) in [6, 6.07) is 5.00. The number of anilines is 1. The normalized spacial score (nSPS) is 9.77. The van der Waals surface area contributed by atoms with Crippen molar-refractivity contribution in [2.75, 3.05) is 11.9 Å². The van der Waals surface area contributed by atoms with Crippen molar-refractivity contribution in [3.8, 4) is 5.75 Å². The third-order valence-electron chi connectivity index (χ3n) is 1.77. The number of carbonyl (C=O) groups excluding carboxylic acids is 1. The van der Waals surface area contributed by atoms with Gasteiger partial charge in [-0.2, -0.15) is 0 Å². The lowest BCUT2D eigenvalue weighted by Gasteiger charge is -2.16. The first-order valence-corrected chi connectivity index (χ1v) is 4.54. The molecule has 0 radical (unpaired) electrons. The predicted molar refractivity (Wildman–Crippen MR) is 54.9 cm³/mol. The van der Waals surface area contributed by atoms with Crippen LogP contribution in [-0.4, -0.2) is 18.1 Å². The van der Waals surface area contributed by atoms with Crippen LogP contribution in [-0.2, 0) is 4.79 Å². The van der Waals surface area contributed by atoms with Gasteiger partial charge >= 0.3 is 0 Å². The van der Waals surface area contributed by atoms with Gasteiger partial charge in [-0.15, -0.1) is 0 Å². The minimum atomic E-state index is -0.113. The highest BCUT2D eigenvalue weighted by molar-refractivity contribution is 9.10. The molecule has 0 aliphatic rings. The molecule has 1 rings (SSSR count). The summed E-state index contributed by atoms with van der Waals surface area (Å²) in [5.41, 5.74) is 0.510. The van der Waals surface area contributed by atoms with E-state index in [2.05, 4.69) is 15.9 Å². The highest BCUT2D eigenvalue weighted by atomic mass is 79.9. The van der Waals surface area contributed by atoms with Gasteiger partial charge in [-0.3, -0.25) is 4.79 Å². The number of nitrogens with zero attached hydrogens (tertiary/aromatic N) is 1. The van der Waals surface area contributed by atoms with Crippen molar-refractivity contribution in [1.29, 1.82) is 0 Å². The Morgan fingerprint density at radius 2 is 2.15 bits per heavy atom. The molecule has 0 spiro atoms. The van der Waals surface area contributed by atoms with E-state index >= 15 is 0 Å². The molecule has 0 bridgehead atoms. The number of phenols is 1. The van der Waals surface area contributed by atoms with Gasteiger partial charge in [0, 0.05) is 18.4 Å². The largest absolute Gasteiger partial charge is 0.506 e. The molecule has 0 fully saturated rings. The van der Waals surface area contributed by atoms with Crippen molar-refractivity contribution in [1.82, 2.24) is 0 Å². The van der Waals surface area contributed by atoms with Crippen LogP contribution in [0.15, 0.2) is 22.7 Å². The average molecular weight is 244 g/mol. The lowest BCUT2D eigenvalue weighted by molar-refractivity contribution is -0.116. The summed E-state index contributed by atoms with van der Waals surface area (Å²) in [5.74, 6) is -0.0234. The molecule has 0 aliphatic heterocycles. The highest BCUT2D eigenvalue weighted by Crippen LogP contribution is 2.29. The zero-order valence-corrected chi connectivity index (χ0v) is 9.00. The van der Waals surface area contributed by atoms with Crippen LogP contribution >= 0.6 is 15.9 Å². The Balaban J connectivity index is 3.08. The van der Waals surface area contributed by atoms with Gasteiger partial charge < -0.3 is 10.0 Å². The lowest BCUT2D eigenvalue weighted by atomic mass is 10.2. The number of rotatable bonds is 1. The number of benzene rings is 1. The van der Waals surface area contributed by atoms with E-state index < -0.39 is 0 Å². The molecule has 1 aromatic carbocycles. The van der Waals surface area contributed by atoms with Crippen LogP contribution in [0.2, 0.25) is 0 Å². The van der Waals surface area contributed by atoms with E-state index in [-0.39, 0.29) is 11.7 Å². The Labute approximate surface area is 85.1 Å². The van der Waals surface area contributed by atoms with Crippen LogP contribution in [0, 0.1) is 0 Å². The Bertz CT molecular complexity index is 338. The number of halogens is 1. The van der Waals surface area contributed by atoms with Crippen LogP contribution in [0.1, 0.15) is 6.92 Å². The van der Waals surface area contributed by atoms with E-state index in [4.69, 9.17) is 0 Å². The topological polar surface area (TPSA) is 40.5 Å². The standard InChI is InChI=1S/C9H10BrNO2/c1-6(12)11(2)8-4-3-7(10)5-9(8)13/h3-5,13H,1-2H3. The van der Waals surface area contributed by atoms with Crippen LogP contribution in [0.3, 0.4) is 0 Å². The monoisotopic (exact) mass is 243 g/mol. The summed E-state index contributed by atoms with van der Waals surface area (Å²) in [5, 5.41) is 9.49. The summed E-state index contributed by atoms with van der Waals surface area (Å²) in [7, 11) is 1.62. The molecule has 1 amide bonds. The molecular formula is C9H10BrNO2. The molecular weight excluding hydrogens is 234 g/mol. The summed E-state index contributed by atoms with van der Waals surface area (Å²) in [6.07, 6.45) is 0. The van der Waals surface area contributed by atoms with Crippen molar-refractivity contribution in [3.63, 3.8) is 0 Å². The molecule has 1 N–H and O–H groups in total. The van der Waals surface area contributed by atoms with Gasteiger partial charge in [0.25, 0.3) is 0 Å². The zero-order chi connectivity index (χ0) is 10.0. The van der Waals surface area contributed by atoms with E-state index in [1.807, 2.05) is 0 Å². The summed E-state index contributed by atoms with van der Waals surface area (Å²) >= 11 is 3.22. The number of aromatic hydroxyl groups is 1.